The topological polar surface area (TPSA) is 69.4 Å². The largest absolute Gasteiger partial charge is 0.492 e. The van der Waals surface area contributed by atoms with Gasteiger partial charge in [-0.05, 0) is 40.5 Å². The van der Waals surface area contributed by atoms with Crippen LogP contribution in [0.2, 0.25) is 0 Å². The predicted molar refractivity (Wildman–Crippen MR) is 76.1 cm³/mol. The van der Waals surface area contributed by atoms with Gasteiger partial charge in [-0.15, -0.1) is 0 Å². The molecule has 0 aliphatic heterocycles. The molecule has 0 aliphatic rings. The fourth-order valence-electron chi connectivity index (χ4n) is 1.58. The van der Waals surface area contributed by atoms with Crippen LogP contribution >= 0.6 is 15.9 Å². The summed E-state index contributed by atoms with van der Waals surface area (Å²) in [5.74, 6) is 0.590. The standard InChI is InChI=1S/C12H18BrNO3S/c1-9-4-5-11(10(13)6-9)17-7-12(2,3)8-18(14,15)16/h4-6H,7-8H2,1-3H3,(H2,14,15,16). The summed E-state index contributed by atoms with van der Waals surface area (Å²) in [6, 6.07) is 5.74. The Kier molecular flexibility index (Phi) is 4.80. The van der Waals surface area contributed by atoms with Crippen molar-refractivity contribution in [1.82, 2.24) is 0 Å². The zero-order valence-corrected chi connectivity index (χ0v) is 13.1. The number of aryl methyl sites for hydroxylation is 1. The highest BCUT2D eigenvalue weighted by atomic mass is 79.9. The van der Waals surface area contributed by atoms with Crippen LogP contribution in [0.3, 0.4) is 0 Å². The third-order valence-corrected chi connectivity index (χ3v) is 4.10. The molecule has 0 bridgehead atoms. The van der Waals surface area contributed by atoms with Crippen molar-refractivity contribution in [3.63, 3.8) is 0 Å². The van der Waals surface area contributed by atoms with Crippen molar-refractivity contribution >= 4 is 26.0 Å². The average molecular weight is 336 g/mol. The molecule has 2 N–H and O–H groups in total. The van der Waals surface area contributed by atoms with Gasteiger partial charge in [0.05, 0.1) is 16.8 Å². The Labute approximate surface area is 117 Å². The summed E-state index contributed by atoms with van der Waals surface area (Å²) in [6.07, 6.45) is 0. The van der Waals surface area contributed by atoms with Gasteiger partial charge in [0.25, 0.3) is 0 Å². The fraction of sp³-hybridized carbons (Fsp3) is 0.500. The molecule has 6 heteroatoms. The number of rotatable bonds is 5. The molecule has 0 radical (unpaired) electrons. The smallest absolute Gasteiger partial charge is 0.209 e. The van der Waals surface area contributed by atoms with Crippen molar-refractivity contribution < 1.29 is 13.2 Å². The summed E-state index contributed by atoms with van der Waals surface area (Å²) in [7, 11) is -3.49. The number of ether oxygens (including phenoxy) is 1. The average Bonchev–Trinajstić information content (AvgIpc) is 2.12. The normalized spacial score (nSPS) is 12.5. The molecule has 102 valence electrons. The molecule has 0 heterocycles. The van der Waals surface area contributed by atoms with E-state index in [0.717, 1.165) is 10.0 Å². The maximum atomic E-state index is 11.1. The summed E-state index contributed by atoms with van der Waals surface area (Å²) in [6.45, 7) is 5.88. The van der Waals surface area contributed by atoms with Gasteiger partial charge in [-0.3, -0.25) is 0 Å². The van der Waals surface area contributed by atoms with E-state index in [-0.39, 0.29) is 12.4 Å². The van der Waals surface area contributed by atoms with Crippen LogP contribution in [0.25, 0.3) is 0 Å². The molecular formula is C12H18BrNO3S. The maximum absolute atomic E-state index is 11.1. The van der Waals surface area contributed by atoms with Crippen molar-refractivity contribution in [1.29, 1.82) is 0 Å². The van der Waals surface area contributed by atoms with Crippen molar-refractivity contribution in [2.24, 2.45) is 10.6 Å². The van der Waals surface area contributed by atoms with Crippen LogP contribution in [0, 0.1) is 12.3 Å². The van der Waals surface area contributed by atoms with Gasteiger partial charge < -0.3 is 4.74 Å². The van der Waals surface area contributed by atoms with E-state index in [1.54, 1.807) is 13.8 Å². The molecule has 0 unspecified atom stereocenters. The van der Waals surface area contributed by atoms with Gasteiger partial charge >= 0.3 is 0 Å². The van der Waals surface area contributed by atoms with Gasteiger partial charge in [0.1, 0.15) is 5.75 Å². The number of benzene rings is 1. The highest BCUT2D eigenvalue weighted by Gasteiger charge is 2.25. The summed E-state index contributed by atoms with van der Waals surface area (Å²) in [5, 5.41) is 5.05. The van der Waals surface area contributed by atoms with Crippen LogP contribution in [0.1, 0.15) is 19.4 Å². The van der Waals surface area contributed by atoms with Crippen molar-refractivity contribution in [3.8, 4) is 5.75 Å². The molecule has 0 aromatic heterocycles. The van der Waals surface area contributed by atoms with E-state index >= 15 is 0 Å². The van der Waals surface area contributed by atoms with E-state index in [4.69, 9.17) is 9.88 Å². The second kappa shape index (κ2) is 5.59. The second-order valence-electron chi connectivity index (χ2n) is 5.19. The Hall–Kier alpha value is -0.590. The minimum absolute atomic E-state index is 0.108. The van der Waals surface area contributed by atoms with Crippen LogP contribution in [0.4, 0.5) is 0 Å². The van der Waals surface area contributed by atoms with E-state index < -0.39 is 15.4 Å². The summed E-state index contributed by atoms with van der Waals surface area (Å²) in [5.41, 5.74) is 0.593. The molecule has 0 aliphatic carbocycles. The number of hydrogen-bond acceptors (Lipinski definition) is 3. The minimum Gasteiger partial charge on any atom is -0.492 e. The number of sulfonamides is 1. The van der Waals surface area contributed by atoms with Gasteiger partial charge in [0, 0.05) is 5.41 Å². The Balaban J connectivity index is 2.70. The zero-order valence-electron chi connectivity index (χ0n) is 10.7. The number of nitrogens with two attached hydrogens (primary N) is 1. The van der Waals surface area contributed by atoms with Gasteiger partial charge in [-0.25, -0.2) is 13.6 Å². The van der Waals surface area contributed by atoms with Crippen molar-refractivity contribution in [2.75, 3.05) is 12.4 Å². The minimum atomic E-state index is -3.49. The second-order valence-corrected chi connectivity index (χ2v) is 7.66. The van der Waals surface area contributed by atoms with E-state index in [1.807, 2.05) is 25.1 Å². The lowest BCUT2D eigenvalue weighted by molar-refractivity contribution is 0.199. The highest BCUT2D eigenvalue weighted by molar-refractivity contribution is 9.10. The van der Waals surface area contributed by atoms with E-state index in [2.05, 4.69) is 15.9 Å². The number of primary sulfonamides is 1. The molecular weight excluding hydrogens is 318 g/mol. The molecule has 4 nitrogen and oxygen atoms in total. The Morgan fingerprint density at radius 2 is 2.00 bits per heavy atom. The summed E-state index contributed by atoms with van der Waals surface area (Å²) in [4.78, 5) is 0. The van der Waals surface area contributed by atoms with E-state index in [9.17, 15) is 8.42 Å². The van der Waals surface area contributed by atoms with Gasteiger partial charge in [-0.2, -0.15) is 0 Å². The lowest BCUT2D eigenvalue weighted by atomic mass is 9.98. The molecule has 1 aromatic rings. The molecule has 0 saturated carbocycles. The lowest BCUT2D eigenvalue weighted by Crippen LogP contribution is -2.33. The fourth-order valence-corrected chi connectivity index (χ4v) is 3.36. The van der Waals surface area contributed by atoms with Crippen LogP contribution in [0.5, 0.6) is 5.75 Å². The lowest BCUT2D eigenvalue weighted by Gasteiger charge is -2.23. The van der Waals surface area contributed by atoms with Crippen LogP contribution in [0.15, 0.2) is 22.7 Å². The van der Waals surface area contributed by atoms with Gasteiger partial charge in [0.2, 0.25) is 10.0 Å². The molecule has 0 spiro atoms. The molecule has 18 heavy (non-hydrogen) atoms. The quantitative estimate of drug-likeness (QED) is 0.898. The zero-order chi connectivity index (χ0) is 14.0. The Bertz CT molecular complexity index is 526. The third-order valence-electron chi connectivity index (χ3n) is 2.30. The van der Waals surface area contributed by atoms with E-state index in [1.165, 1.54) is 0 Å². The van der Waals surface area contributed by atoms with Crippen molar-refractivity contribution in [2.45, 2.75) is 20.8 Å². The SMILES string of the molecule is Cc1ccc(OCC(C)(C)CS(N)(=O)=O)c(Br)c1. The maximum Gasteiger partial charge on any atom is 0.209 e. The predicted octanol–water partition coefficient (Wildman–Crippen LogP) is 2.45. The summed E-state index contributed by atoms with van der Waals surface area (Å²) < 4.78 is 28.7. The first-order valence-electron chi connectivity index (χ1n) is 5.48. The third kappa shape index (κ3) is 5.37. The first-order valence-corrected chi connectivity index (χ1v) is 7.99. The molecule has 0 fully saturated rings. The van der Waals surface area contributed by atoms with Crippen molar-refractivity contribution in [3.05, 3.63) is 28.2 Å². The molecule has 0 saturated heterocycles. The monoisotopic (exact) mass is 335 g/mol. The van der Waals surface area contributed by atoms with Crippen LogP contribution in [-0.4, -0.2) is 20.8 Å². The van der Waals surface area contributed by atoms with Gasteiger partial charge in [0.15, 0.2) is 0 Å². The summed E-state index contributed by atoms with van der Waals surface area (Å²) >= 11 is 3.41. The molecule has 0 atom stereocenters. The number of hydrogen-bond donors (Lipinski definition) is 1. The first kappa shape index (κ1) is 15.5. The molecule has 0 amide bonds. The molecule has 1 rings (SSSR count). The highest BCUT2D eigenvalue weighted by Crippen LogP contribution is 2.28. The molecule has 1 aromatic carbocycles. The van der Waals surface area contributed by atoms with Crippen LogP contribution in [-0.2, 0) is 10.0 Å². The Morgan fingerprint density at radius 3 is 2.50 bits per heavy atom. The van der Waals surface area contributed by atoms with E-state index in [0.29, 0.717) is 5.75 Å². The van der Waals surface area contributed by atoms with Gasteiger partial charge in [-0.1, -0.05) is 19.9 Å². The number of halogens is 1. The Morgan fingerprint density at radius 1 is 1.39 bits per heavy atom. The van der Waals surface area contributed by atoms with Crippen LogP contribution < -0.4 is 9.88 Å². The first-order chi connectivity index (χ1) is 8.09.